The zero-order chi connectivity index (χ0) is 23.0. The summed E-state index contributed by atoms with van der Waals surface area (Å²) in [6, 6.07) is 12.8. The van der Waals surface area contributed by atoms with E-state index in [9.17, 15) is 9.59 Å². The summed E-state index contributed by atoms with van der Waals surface area (Å²) in [4.78, 5) is 27.7. The molecule has 0 aliphatic rings. The molecule has 2 amide bonds. The summed E-state index contributed by atoms with van der Waals surface area (Å²) in [7, 11) is 0. The second kappa shape index (κ2) is 12.4. The Morgan fingerprint density at radius 2 is 1.71 bits per heavy atom. The Labute approximate surface area is 199 Å². The molecule has 0 saturated heterocycles. The molecule has 2 aromatic carbocycles. The van der Waals surface area contributed by atoms with Crippen LogP contribution >= 0.6 is 35.0 Å². The lowest BCUT2D eigenvalue weighted by molar-refractivity contribution is -0.139. The summed E-state index contributed by atoms with van der Waals surface area (Å²) >= 11 is 14.3. The number of benzene rings is 2. The van der Waals surface area contributed by atoms with Crippen molar-refractivity contribution in [3.8, 4) is 0 Å². The molecule has 7 heteroatoms. The molecule has 0 unspecified atom stereocenters. The van der Waals surface area contributed by atoms with E-state index in [1.54, 1.807) is 34.9 Å². The normalized spacial score (nSPS) is 12.0. The number of rotatable bonds is 10. The fourth-order valence-corrected chi connectivity index (χ4v) is 4.76. The molecule has 0 aromatic heterocycles. The zero-order valence-electron chi connectivity index (χ0n) is 18.5. The lowest BCUT2D eigenvalue weighted by Crippen LogP contribution is -2.51. The van der Waals surface area contributed by atoms with Crippen molar-refractivity contribution in [3.63, 3.8) is 0 Å². The van der Waals surface area contributed by atoms with Crippen molar-refractivity contribution in [1.82, 2.24) is 10.2 Å². The topological polar surface area (TPSA) is 49.4 Å². The molecule has 1 N–H and O–H groups in total. The van der Waals surface area contributed by atoms with Crippen molar-refractivity contribution in [2.45, 2.75) is 58.5 Å². The highest BCUT2D eigenvalue weighted by molar-refractivity contribution is 7.99. The van der Waals surface area contributed by atoms with Crippen molar-refractivity contribution < 1.29 is 9.59 Å². The quantitative estimate of drug-likeness (QED) is 0.462. The van der Waals surface area contributed by atoms with Gasteiger partial charge in [0.2, 0.25) is 11.8 Å². The first-order chi connectivity index (χ1) is 14.7. The molecule has 1 atom stereocenters. The van der Waals surface area contributed by atoms with Crippen LogP contribution in [0.1, 0.15) is 43.9 Å². The Balaban J connectivity index is 2.21. The van der Waals surface area contributed by atoms with Gasteiger partial charge in [-0.3, -0.25) is 9.59 Å². The highest BCUT2D eigenvalue weighted by atomic mass is 35.5. The van der Waals surface area contributed by atoms with E-state index in [0.29, 0.717) is 22.0 Å². The van der Waals surface area contributed by atoms with Gasteiger partial charge in [-0.15, -0.1) is 11.8 Å². The molecule has 168 valence electrons. The predicted octanol–water partition coefficient (Wildman–Crippen LogP) is 5.87. The van der Waals surface area contributed by atoms with Crippen LogP contribution in [0.5, 0.6) is 0 Å². The number of nitrogens with one attached hydrogen (secondary N) is 1. The average molecular weight is 481 g/mol. The minimum absolute atomic E-state index is 0.0159. The molecule has 2 aromatic rings. The van der Waals surface area contributed by atoms with Crippen LogP contribution in [-0.4, -0.2) is 34.6 Å². The van der Waals surface area contributed by atoms with Crippen molar-refractivity contribution in [2.75, 3.05) is 5.75 Å². The van der Waals surface area contributed by atoms with Gasteiger partial charge in [0.25, 0.3) is 0 Å². The highest BCUT2D eigenvalue weighted by Crippen LogP contribution is 2.27. The molecular weight excluding hydrogens is 451 g/mol. The summed E-state index contributed by atoms with van der Waals surface area (Å²) in [6.07, 6.45) is 0.495. The smallest absolute Gasteiger partial charge is 0.243 e. The maximum Gasteiger partial charge on any atom is 0.243 e. The molecule has 4 nitrogen and oxygen atoms in total. The number of hydrogen-bond donors (Lipinski definition) is 1. The first-order valence-corrected chi connectivity index (χ1v) is 12.3. The van der Waals surface area contributed by atoms with Crippen LogP contribution in [0.3, 0.4) is 0 Å². The molecular formula is C24H30Cl2N2O2S. The number of amides is 2. The molecule has 0 bridgehead atoms. The fraction of sp³-hybridized carbons (Fsp3) is 0.417. The fourth-order valence-electron chi connectivity index (χ4n) is 3.26. The molecule has 0 saturated carbocycles. The van der Waals surface area contributed by atoms with Gasteiger partial charge in [-0.2, -0.15) is 0 Å². The second-order valence-corrected chi connectivity index (χ2v) is 9.53. The highest BCUT2D eigenvalue weighted by Gasteiger charge is 2.29. The molecule has 0 aliphatic carbocycles. The van der Waals surface area contributed by atoms with Gasteiger partial charge in [0.05, 0.1) is 5.75 Å². The van der Waals surface area contributed by atoms with Crippen LogP contribution in [0.25, 0.3) is 0 Å². The van der Waals surface area contributed by atoms with Crippen molar-refractivity contribution in [3.05, 3.63) is 69.2 Å². The molecule has 0 radical (unpaired) electrons. The summed E-state index contributed by atoms with van der Waals surface area (Å²) in [6.45, 7) is 7.96. The Morgan fingerprint density at radius 3 is 2.29 bits per heavy atom. The van der Waals surface area contributed by atoms with E-state index in [0.717, 1.165) is 5.75 Å². The van der Waals surface area contributed by atoms with E-state index in [1.165, 1.54) is 11.1 Å². The standard InChI is InChI=1S/C24H30Cl2N2O2S/c1-5-22(24(30)27-16(2)3)28(13-19-20(25)11-8-12-21(19)26)23(29)15-31-14-18-10-7-6-9-17(18)4/h6-12,16,22H,5,13-15H2,1-4H3,(H,27,30)/t22-/m0/s1. The van der Waals surface area contributed by atoms with E-state index in [-0.39, 0.29) is 30.2 Å². The minimum Gasteiger partial charge on any atom is -0.352 e. The van der Waals surface area contributed by atoms with Gasteiger partial charge in [0.1, 0.15) is 6.04 Å². The summed E-state index contributed by atoms with van der Waals surface area (Å²) < 4.78 is 0. The van der Waals surface area contributed by atoms with Gasteiger partial charge in [0, 0.05) is 33.9 Å². The Bertz CT molecular complexity index is 885. The van der Waals surface area contributed by atoms with E-state index < -0.39 is 6.04 Å². The van der Waals surface area contributed by atoms with Gasteiger partial charge in [0.15, 0.2) is 0 Å². The van der Waals surface area contributed by atoms with Crippen LogP contribution in [-0.2, 0) is 21.9 Å². The number of aryl methyl sites for hydroxylation is 1. The number of halogens is 2. The van der Waals surface area contributed by atoms with Crippen LogP contribution in [0.4, 0.5) is 0 Å². The van der Waals surface area contributed by atoms with E-state index in [2.05, 4.69) is 24.4 Å². The largest absolute Gasteiger partial charge is 0.352 e. The first kappa shape index (κ1) is 25.6. The van der Waals surface area contributed by atoms with Crippen molar-refractivity contribution in [1.29, 1.82) is 0 Å². The third-order valence-electron chi connectivity index (χ3n) is 4.95. The number of hydrogen-bond acceptors (Lipinski definition) is 3. The van der Waals surface area contributed by atoms with Crippen LogP contribution < -0.4 is 5.32 Å². The van der Waals surface area contributed by atoms with E-state index >= 15 is 0 Å². The maximum absolute atomic E-state index is 13.3. The van der Waals surface area contributed by atoms with Gasteiger partial charge in [-0.25, -0.2) is 0 Å². The molecule has 0 aliphatic heterocycles. The number of nitrogens with zero attached hydrogens (tertiary/aromatic N) is 1. The molecule has 2 rings (SSSR count). The monoisotopic (exact) mass is 480 g/mol. The van der Waals surface area contributed by atoms with Gasteiger partial charge in [-0.05, 0) is 50.5 Å². The second-order valence-electron chi connectivity index (χ2n) is 7.73. The number of carbonyl (C=O) groups excluding carboxylic acids is 2. The Morgan fingerprint density at radius 1 is 1.06 bits per heavy atom. The minimum atomic E-state index is -0.596. The number of thioether (sulfide) groups is 1. The zero-order valence-corrected chi connectivity index (χ0v) is 20.8. The third-order valence-corrected chi connectivity index (χ3v) is 6.63. The van der Waals surface area contributed by atoms with Crippen molar-refractivity contribution >= 4 is 46.8 Å². The lowest BCUT2D eigenvalue weighted by atomic mass is 10.1. The molecule has 31 heavy (non-hydrogen) atoms. The number of carbonyl (C=O) groups is 2. The Hall–Kier alpha value is -1.69. The molecule has 0 heterocycles. The predicted molar refractivity (Wildman–Crippen MR) is 132 cm³/mol. The van der Waals surface area contributed by atoms with Crippen LogP contribution in [0.15, 0.2) is 42.5 Å². The lowest BCUT2D eigenvalue weighted by Gasteiger charge is -2.31. The van der Waals surface area contributed by atoms with E-state index in [4.69, 9.17) is 23.2 Å². The molecule has 0 fully saturated rings. The summed E-state index contributed by atoms with van der Waals surface area (Å²) in [5, 5.41) is 3.89. The van der Waals surface area contributed by atoms with Gasteiger partial charge in [-0.1, -0.05) is 60.5 Å². The summed E-state index contributed by atoms with van der Waals surface area (Å²) in [5.74, 6) is 0.717. The third kappa shape index (κ3) is 7.44. The van der Waals surface area contributed by atoms with Crippen molar-refractivity contribution in [2.24, 2.45) is 0 Å². The summed E-state index contributed by atoms with van der Waals surface area (Å²) in [5.41, 5.74) is 3.05. The average Bonchev–Trinajstić information content (AvgIpc) is 2.70. The van der Waals surface area contributed by atoms with Crippen LogP contribution in [0, 0.1) is 6.92 Å². The maximum atomic E-state index is 13.3. The van der Waals surface area contributed by atoms with Gasteiger partial charge < -0.3 is 10.2 Å². The molecule has 0 spiro atoms. The van der Waals surface area contributed by atoms with Crippen LogP contribution in [0.2, 0.25) is 10.0 Å². The van der Waals surface area contributed by atoms with E-state index in [1.807, 2.05) is 32.9 Å². The SMILES string of the molecule is CC[C@@H](C(=O)NC(C)C)N(Cc1c(Cl)cccc1Cl)C(=O)CSCc1ccccc1C. The van der Waals surface area contributed by atoms with Gasteiger partial charge >= 0.3 is 0 Å². The first-order valence-electron chi connectivity index (χ1n) is 10.4. The Kier molecular flexibility index (Phi) is 10.2.